The lowest BCUT2D eigenvalue weighted by molar-refractivity contribution is 0.892. The molecule has 0 aliphatic rings. The van der Waals surface area contributed by atoms with Gasteiger partial charge in [-0.1, -0.05) is 23.7 Å². The summed E-state index contributed by atoms with van der Waals surface area (Å²) in [4.78, 5) is 3.29. The number of hydrogen-bond acceptors (Lipinski definition) is 0. The first-order chi connectivity index (χ1) is 5.83. The molecule has 0 saturated carbocycles. The maximum atomic E-state index is 6.61. The van der Waals surface area contributed by atoms with Gasteiger partial charge >= 0.3 is 0 Å². The highest BCUT2D eigenvalue weighted by Crippen LogP contribution is 2.10. The standard InChI is InChI=1S/C10H10ClN/c1-12-8-2-3-9-4-6-10(11)7-5-9/h4-7H,2-3,8H2. The lowest BCUT2D eigenvalue weighted by Gasteiger charge is -1.96. The third-order valence-electron chi connectivity index (χ3n) is 1.65. The van der Waals surface area contributed by atoms with Crippen LogP contribution < -0.4 is 0 Å². The van der Waals surface area contributed by atoms with Crippen molar-refractivity contribution in [2.24, 2.45) is 0 Å². The molecule has 0 bridgehead atoms. The molecular formula is C10H10ClN. The molecule has 0 N–H and O–H groups in total. The van der Waals surface area contributed by atoms with Gasteiger partial charge in [0, 0.05) is 11.4 Å². The molecule has 0 aliphatic carbocycles. The Morgan fingerprint density at radius 3 is 2.50 bits per heavy atom. The van der Waals surface area contributed by atoms with Gasteiger partial charge in [0.25, 0.3) is 0 Å². The number of hydrogen-bond donors (Lipinski definition) is 0. The number of halogens is 1. The van der Waals surface area contributed by atoms with Gasteiger partial charge < -0.3 is 4.85 Å². The third kappa shape index (κ3) is 2.94. The van der Waals surface area contributed by atoms with Gasteiger partial charge in [-0.15, -0.1) is 0 Å². The second kappa shape index (κ2) is 4.79. The van der Waals surface area contributed by atoms with Crippen LogP contribution in [0.3, 0.4) is 0 Å². The molecule has 1 nitrogen and oxygen atoms in total. The predicted molar refractivity (Wildman–Crippen MR) is 51.2 cm³/mol. The second-order valence-electron chi connectivity index (χ2n) is 2.61. The molecule has 0 saturated heterocycles. The number of rotatable bonds is 3. The average Bonchev–Trinajstić information content (AvgIpc) is 2.09. The zero-order valence-corrected chi connectivity index (χ0v) is 7.51. The van der Waals surface area contributed by atoms with E-state index in [1.54, 1.807) is 0 Å². The summed E-state index contributed by atoms with van der Waals surface area (Å²) in [5, 5.41) is 0.768. The number of aryl methyl sites for hydroxylation is 1. The summed E-state index contributed by atoms with van der Waals surface area (Å²) in [6.45, 7) is 7.22. The quantitative estimate of drug-likeness (QED) is 0.496. The summed E-state index contributed by atoms with van der Waals surface area (Å²) >= 11 is 5.72. The molecule has 0 atom stereocenters. The van der Waals surface area contributed by atoms with E-state index in [0.29, 0.717) is 6.54 Å². The lowest BCUT2D eigenvalue weighted by atomic mass is 10.1. The van der Waals surface area contributed by atoms with Crippen molar-refractivity contribution in [1.82, 2.24) is 0 Å². The van der Waals surface area contributed by atoms with Crippen molar-refractivity contribution in [2.75, 3.05) is 6.54 Å². The SMILES string of the molecule is [C-]#[N+]CCCc1ccc(Cl)cc1. The zero-order valence-electron chi connectivity index (χ0n) is 6.76. The van der Waals surface area contributed by atoms with Crippen LogP contribution in [-0.4, -0.2) is 6.54 Å². The maximum Gasteiger partial charge on any atom is 0.215 e. The Labute approximate surface area is 77.8 Å². The molecular weight excluding hydrogens is 170 g/mol. The van der Waals surface area contributed by atoms with E-state index in [2.05, 4.69) is 4.85 Å². The molecule has 0 spiro atoms. The van der Waals surface area contributed by atoms with E-state index in [4.69, 9.17) is 18.2 Å². The molecule has 1 aromatic rings. The number of nitrogens with zero attached hydrogens (tertiary/aromatic N) is 1. The molecule has 0 heterocycles. The Morgan fingerprint density at radius 1 is 1.25 bits per heavy atom. The van der Waals surface area contributed by atoms with Gasteiger partial charge in [-0.2, -0.15) is 0 Å². The highest BCUT2D eigenvalue weighted by molar-refractivity contribution is 6.30. The predicted octanol–water partition coefficient (Wildman–Crippen LogP) is 3.19. The van der Waals surface area contributed by atoms with Crippen LogP contribution in [0.1, 0.15) is 12.0 Å². The minimum Gasteiger partial charge on any atom is -0.317 e. The Morgan fingerprint density at radius 2 is 1.92 bits per heavy atom. The monoisotopic (exact) mass is 179 g/mol. The molecule has 62 valence electrons. The number of benzene rings is 1. The molecule has 1 aromatic carbocycles. The van der Waals surface area contributed by atoms with Crippen molar-refractivity contribution in [3.8, 4) is 0 Å². The van der Waals surface area contributed by atoms with Crippen molar-refractivity contribution >= 4 is 11.6 Å². The largest absolute Gasteiger partial charge is 0.317 e. The molecule has 0 radical (unpaired) electrons. The normalized spacial score (nSPS) is 9.33. The summed E-state index contributed by atoms with van der Waals surface area (Å²) in [5.74, 6) is 0. The van der Waals surface area contributed by atoms with Crippen LogP contribution in [0.5, 0.6) is 0 Å². The van der Waals surface area contributed by atoms with Crippen molar-refractivity contribution < 1.29 is 0 Å². The van der Waals surface area contributed by atoms with Gasteiger partial charge in [0.05, 0.1) is 0 Å². The van der Waals surface area contributed by atoms with E-state index in [-0.39, 0.29) is 0 Å². The van der Waals surface area contributed by atoms with Crippen LogP contribution in [0.2, 0.25) is 5.02 Å². The van der Waals surface area contributed by atoms with Crippen molar-refractivity contribution in [1.29, 1.82) is 0 Å². The Hall–Kier alpha value is -1.00. The van der Waals surface area contributed by atoms with Gasteiger partial charge in [-0.05, 0) is 24.1 Å². The lowest BCUT2D eigenvalue weighted by Crippen LogP contribution is -1.86. The summed E-state index contributed by atoms with van der Waals surface area (Å²) < 4.78 is 0. The van der Waals surface area contributed by atoms with Crippen LogP contribution in [0, 0.1) is 6.57 Å². The third-order valence-corrected chi connectivity index (χ3v) is 1.90. The van der Waals surface area contributed by atoms with E-state index in [0.717, 1.165) is 17.9 Å². The fraction of sp³-hybridized carbons (Fsp3) is 0.300. The summed E-state index contributed by atoms with van der Waals surface area (Å²) in [6, 6.07) is 7.78. The van der Waals surface area contributed by atoms with E-state index in [1.807, 2.05) is 24.3 Å². The first kappa shape index (κ1) is 9.09. The first-order valence-electron chi connectivity index (χ1n) is 3.90. The van der Waals surface area contributed by atoms with E-state index >= 15 is 0 Å². The zero-order chi connectivity index (χ0) is 8.81. The molecule has 0 amide bonds. The van der Waals surface area contributed by atoms with Crippen molar-refractivity contribution in [3.63, 3.8) is 0 Å². The average molecular weight is 180 g/mol. The van der Waals surface area contributed by atoms with Crippen LogP contribution in [0.4, 0.5) is 0 Å². The molecule has 0 unspecified atom stereocenters. The van der Waals surface area contributed by atoms with Crippen LogP contribution in [0.15, 0.2) is 24.3 Å². The van der Waals surface area contributed by atoms with Crippen LogP contribution in [0.25, 0.3) is 4.85 Å². The summed E-state index contributed by atoms with van der Waals surface area (Å²) in [6.07, 6.45) is 1.91. The summed E-state index contributed by atoms with van der Waals surface area (Å²) in [7, 11) is 0. The highest BCUT2D eigenvalue weighted by atomic mass is 35.5. The van der Waals surface area contributed by atoms with Gasteiger partial charge in [0.2, 0.25) is 6.54 Å². The Bertz CT molecular complexity index is 271. The minimum atomic E-state index is 0.614. The Balaban J connectivity index is 2.43. The van der Waals surface area contributed by atoms with Crippen molar-refractivity contribution in [2.45, 2.75) is 12.8 Å². The van der Waals surface area contributed by atoms with E-state index in [1.165, 1.54) is 5.56 Å². The fourth-order valence-corrected chi connectivity index (χ4v) is 1.14. The van der Waals surface area contributed by atoms with Gasteiger partial charge in [-0.25, -0.2) is 6.57 Å². The van der Waals surface area contributed by atoms with E-state index in [9.17, 15) is 0 Å². The van der Waals surface area contributed by atoms with E-state index < -0.39 is 0 Å². The molecule has 12 heavy (non-hydrogen) atoms. The van der Waals surface area contributed by atoms with Gasteiger partial charge in [0.1, 0.15) is 0 Å². The molecule has 1 rings (SSSR count). The van der Waals surface area contributed by atoms with Crippen LogP contribution >= 0.6 is 11.6 Å². The van der Waals surface area contributed by atoms with Crippen LogP contribution in [-0.2, 0) is 6.42 Å². The Kier molecular flexibility index (Phi) is 3.63. The molecule has 0 aromatic heterocycles. The highest BCUT2D eigenvalue weighted by Gasteiger charge is 1.93. The minimum absolute atomic E-state index is 0.614. The van der Waals surface area contributed by atoms with Gasteiger partial charge in [0.15, 0.2) is 0 Å². The molecule has 0 fully saturated rings. The summed E-state index contributed by atoms with van der Waals surface area (Å²) in [5.41, 5.74) is 1.25. The van der Waals surface area contributed by atoms with Crippen molar-refractivity contribution in [3.05, 3.63) is 46.3 Å². The van der Waals surface area contributed by atoms with Gasteiger partial charge in [-0.3, -0.25) is 0 Å². The fourth-order valence-electron chi connectivity index (χ4n) is 1.01. The second-order valence-corrected chi connectivity index (χ2v) is 3.05. The maximum absolute atomic E-state index is 6.61. The topological polar surface area (TPSA) is 4.36 Å². The smallest absolute Gasteiger partial charge is 0.215 e. The first-order valence-corrected chi connectivity index (χ1v) is 4.28. The molecule has 0 aliphatic heterocycles. The molecule has 2 heteroatoms.